The summed E-state index contributed by atoms with van der Waals surface area (Å²) in [5, 5.41) is 2.29. The highest BCUT2D eigenvalue weighted by Crippen LogP contribution is 2.12. The molecule has 128 valence electrons. The minimum absolute atomic E-state index is 0. The maximum Gasteiger partial charge on any atom is 0.0753 e. The normalized spacial score (nSPS) is 10.4. The van der Waals surface area contributed by atoms with Crippen LogP contribution in [-0.2, 0) is 6.42 Å². The van der Waals surface area contributed by atoms with Gasteiger partial charge in [-0.2, -0.15) is 0 Å². The number of hydrogen-bond acceptors (Lipinski definition) is 0. The number of rotatable bonds is 14. The van der Waals surface area contributed by atoms with Crippen LogP contribution in [-0.4, -0.2) is 13.6 Å². The van der Waals surface area contributed by atoms with E-state index in [0.29, 0.717) is 0 Å². The summed E-state index contributed by atoms with van der Waals surface area (Å²) in [5.74, 6) is 0. The number of nitrogens with two attached hydrogens (primary N) is 1. The average Bonchev–Trinajstić information content (AvgIpc) is 2.53. The Morgan fingerprint density at radius 2 is 1.09 bits per heavy atom. The van der Waals surface area contributed by atoms with Gasteiger partial charge in [0.2, 0.25) is 0 Å². The highest BCUT2D eigenvalue weighted by Gasteiger charge is 1.95. The Bertz CT molecular complexity index is 313. The zero-order chi connectivity index (χ0) is 15.0. The minimum Gasteiger partial charge on any atom is -1.00 e. The van der Waals surface area contributed by atoms with Gasteiger partial charge in [-0.3, -0.25) is 0 Å². The van der Waals surface area contributed by atoms with E-state index in [1.54, 1.807) is 0 Å². The molecule has 1 rings (SSSR count). The van der Waals surface area contributed by atoms with Crippen LogP contribution in [0.2, 0.25) is 0 Å². The van der Waals surface area contributed by atoms with Crippen LogP contribution in [0.1, 0.15) is 76.2 Å². The predicted octanol–water partition coefficient (Wildman–Crippen LogP) is 1.72. The maximum atomic E-state index is 2.29. The van der Waals surface area contributed by atoms with Gasteiger partial charge >= 0.3 is 0 Å². The van der Waals surface area contributed by atoms with E-state index in [4.69, 9.17) is 0 Å². The van der Waals surface area contributed by atoms with Crippen molar-refractivity contribution in [2.45, 2.75) is 77.0 Å². The van der Waals surface area contributed by atoms with Crippen molar-refractivity contribution in [2.75, 3.05) is 13.6 Å². The van der Waals surface area contributed by atoms with Crippen LogP contribution in [0, 0.1) is 0 Å². The first-order valence-corrected chi connectivity index (χ1v) is 9.25. The predicted molar refractivity (Wildman–Crippen MR) is 93.6 cm³/mol. The second kappa shape index (κ2) is 16.8. The lowest BCUT2D eigenvalue weighted by molar-refractivity contribution is -0.627. The van der Waals surface area contributed by atoms with Crippen molar-refractivity contribution < 1.29 is 17.7 Å². The molecule has 0 aliphatic heterocycles. The molecular weight excluding hydrogens is 290 g/mol. The van der Waals surface area contributed by atoms with E-state index in [1.807, 2.05) is 0 Å². The van der Waals surface area contributed by atoms with E-state index in [-0.39, 0.29) is 12.4 Å². The fraction of sp³-hybridized carbons (Fsp3) is 0.700. The topological polar surface area (TPSA) is 16.6 Å². The van der Waals surface area contributed by atoms with Crippen LogP contribution < -0.4 is 17.7 Å². The van der Waals surface area contributed by atoms with Crippen LogP contribution in [0.5, 0.6) is 0 Å². The molecule has 0 unspecified atom stereocenters. The molecule has 0 saturated heterocycles. The third kappa shape index (κ3) is 13.2. The molecule has 1 aromatic rings. The lowest BCUT2D eigenvalue weighted by atomic mass is 10.0. The van der Waals surface area contributed by atoms with Crippen LogP contribution in [0.3, 0.4) is 0 Å². The van der Waals surface area contributed by atoms with Gasteiger partial charge in [-0.1, -0.05) is 81.7 Å². The average molecular weight is 326 g/mol. The van der Waals surface area contributed by atoms with E-state index in [0.717, 1.165) is 0 Å². The van der Waals surface area contributed by atoms with Crippen LogP contribution in [0.15, 0.2) is 30.3 Å². The molecule has 0 amide bonds. The Hall–Kier alpha value is -0.530. The molecule has 0 saturated carbocycles. The fourth-order valence-corrected chi connectivity index (χ4v) is 2.91. The summed E-state index contributed by atoms with van der Waals surface area (Å²) < 4.78 is 0. The molecular formula is C20H36ClN. The first-order chi connectivity index (χ1) is 10.4. The maximum absolute atomic E-state index is 2.29. The third-order valence-corrected chi connectivity index (χ3v) is 4.30. The molecule has 0 spiro atoms. The summed E-state index contributed by atoms with van der Waals surface area (Å²) in [4.78, 5) is 0. The van der Waals surface area contributed by atoms with Crippen molar-refractivity contribution in [3.63, 3.8) is 0 Å². The molecule has 22 heavy (non-hydrogen) atoms. The molecule has 1 nitrogen and oxygen atoms in total. The number of hydrogen-bond donors (Lipinski definition) is 1. The molecule has 2 N–H and O–H groups in total. The Balaban J connectivity index is 0.00000441. The standard InChI is InChI=1S/C20H35N.ClH/c1-21-19-15-10-8-6-4-2-3-5-7-9-12-16-20-17-13-11-14-18-20;/h11,13-14,17-18,21H,2-10,12,15-16,19H2,1H3;1H. The molecule has 0 fully saturated rings. The molecule has 2 heteroatoms. The molecule has 0 aromatic heterocycles. The van der Waals surface area contributed by atoms with Crippen LogP contribution in [0.25, 0.3) is 0 Å². The summed E-state index contributed by atoms with van der Waals surface area (Å²) in [5.41, 5.74) is 1.50. The van der Waals surface area contributed by atoms with Gasteiger partial charge in [-0.25, -0.2) is 0 Å². The number of halogens is 1. The van der Waals surface area contributed by atoms with Gasteiger partial charge in [0.25, 0.3) is 0 Å². The highest BCUT2D eigenvalue weighted by atomic mass is 35.5. The lowest BCUT2D eigenvalue weighted by Gasteiger charge is -2.03. The summed E-state index contributed by atoms with van der Waals surface area (Å²) in [6.45, 7) is 1.31. The van der Waals surface area contributed by atoms with Gasteiger partial charge < -0.3 is 17.7 Å². The van der Waals surface area contributed by atoms with E-state index in [9.17, 15) is 0 Å². The van der Waals surface area contributed by atoms with Gasteiger partial charge in [0.05, 0.1) is 13.6 Å². The SMILES string of the molecule is C[NH2+]CCCCCCCCCCCCCc1ccccc1.[Cl-]. The van der Waals surface area contributed by atoms with E-state index in [1.165, 1.54) is 89.2 Å². The second-order valence-electron chi connectivity index (χ2n) is 6.32. The Kier molecular flexibility index (Phi) is 16.4. The van der Waals surface area contributed by atoms with E-state index in [2.05, 4.69) is 42.7 Å². The quantitative estimate of drug-likeness (QED) is 0.502. The second-order valence-corrected chi connectivity index (χ2v) is 6.32. The first-order valence-electron chi connectivity index (χ1n) is 9.25. The van der Waals surface area contributed by atoms with Crippen molar-refractivity contribution in [1.29, 1.82) is 0 Å². The fourth-order valence-electron chi connectivity index (χ4n) is 2.91. The largest absolute Gasteiger partial charge is 1.00 e. The zero-order valence-corrected chi connectivity index (χ0v) is 15.3. The summed E-state index contributed by atoms with van der Waals surface area (Å²) >= 11 is 0. The van der Waals surface area contributed by atoms with Gasteiger partial charge in [0.1, 0.15) is 0 Å². The molecule has 0 atom stereocenters. The number of aryl methyl sites for hydroxylation is 1. The molecule has 0 radical (unpaired) electrons. The van der Waals surface area contributed by atoms with Gasteiger partial charge in [0, 0.05) is 0 Å². The van der Waals surface area contributed by atoms with E-state index < -0.39 is 0 Å². The van der Waals surface area contributed by atoms with Crippen molar-refractivity contribution in [2.24, 2.45) is 0 Å². The highest BCUT2D eigenvalue weighted by molar-refractivity contribution is 5.14. The Morgan fingerprint density at radius 1 is 0.636 bits per heavy atom. The smallest absolute Gasteiger partial charge is 0.0753 e. The van der Waals surface area contributed by atoms with Gasteiger partial charge in [-0.05, 0) is 31.2 Å². The molecule has 0 heterocycles. The van der Waals surface area contributed by atoms with Gasteiger partial charge in [-0.15, -0.1) is 0 Å². The van der Waals surface area contributed by atoms with Gasteiger partial charge in [0.15, 0.2) is 0 Å². The van der Waals surface area contributed by atoms with Crippen molar-refractivity contribution >= 4 is 0 Å². The Morgan fingerprint density at radius 3 is 1.59 bits per heavy atom. The van der Waals surface area contributed by atoms with Crippen molar-refractivity contribution in [1.82, 2.24) is 0 Å². The van der Waals surface area contributed by atoms with Crippen molar-refractivity contribution in [3.8, 4) is 0 Å². The summed E-state index contributed by atoms with van der Waals surface area (Å²) in [7, 11) is 2.17. The number of quaternary nitrogens is 1. The number of unbranched alkanes of at least 4 members (excludes halogenated alkanes) is 10. The summed E-state index contributed by atoms with van der Waals surface area (Å²) in [6.07, 6.45) is 17.0. The lowest BCUT2D eigenvalue weighted by Crippen LogP contribution is -3.00. The molecule has 0 aliphatic rings. The van der Waals surface area contributed by atoms with Crippen LogP contribution in [0.4, 0.5) is 0 Å². The summed E-state index contributed by atoms with van der Waals surface area (Å²) in [6, 6.07) is 10.9. The van der Waals surface area contributed by atoms with Crippen molar-refractivity contribution in [3.05, 3.63) is 35.9 Å². The Labute approximate surface area is 144 Å². The first kappa shape index (κ1) is 21.5. The zero-order valence-electron chi connectivity index (χ0n) is 14.5. The molecule has 0 aliphatic carbocycles. The third-order valence-electron chi connectivity index (χ3n) is 4.30. The van der Waals surface area contributed by atoms with Crippen LogP contribution >= 0.6 is 0 Å². The molecule has 1 aromatic carbocycles. The molecule has 0 bridgehead atoms. The minimum atomic E-state index is 0. The van der Waals surface area contributed by atoms with E-state index >= 15 is 0 Å². The monoisotopic (exact) mass is 325 g/mol. The number of benzene rings is 1.